The van der Waals surface area contributed by atoms with Gasteiger partial charge in [0.25, 0.3) is 0 Å². The average Bonchev–Trinajstić information content (AvgIpc) is 2.89. The standard InChI is InChI=1S/C17H30N2O2/c1-6-21-17(20)14(4)15(5)18-12-16-8-7-10-19(16)11-9-13(2)3/h7-8,10,13-15,18H,6,9,11-12H2,1-5H3/t14-,15+/m1/s1. The molecule has 0 bridgehead atoms. The average molecular weight is 294 g/mol. The molecule has 120 valence electrons. The summed E-state index contributed by atoms with van der Waals surface area (Å²) in [6, 6.07) is 4.31. The summed E-state index contributed by atoms with van der Waals surface area (Å²) in [6.45, 7) is 12.5. The third-order valence-electron chi connectivity index (χ3n) is 3.88. The summed E-state index contributed by atoms with van der Waals surface area (Å²) >= 11 is 0. The van der Waals surface area contributed by atoms with Crippen molar-refractivity contribution >= 4 is 5.97 Å². The van der Waals surface area contributed by atoms with Crippen molar-refractivity contribution in [1.82, 2.24) is 9.88 Å². The second-order valence-electron chi connectivity index (χ2n) is 6.09. The fourth-order valence-corrected chi connectivity index (χ4v) is 2.15. The van der Waals surface area contributed by atoms with Crippen molar-refractivity contribution in [3.63, 3.8) is 0 Å². The lowest BCUT2D eigenvalue weighted by Crippen LogP contribution is -2.37. The number of aryl methyl sites for hydroxylation is 1. The Morgan fingerprint density at radius 3 is 2.67 bits per heavy atom. The van der Waals surface area contributed by atoms with Crippen molar-refractivity contribution in [3.05, 3.63) is 24.0 Å². The minimum atomic E-state index is -0.135. The molecule has 0 aromatic carbocycles. The van der Waals surface area contributed by atoms with Crippen LogP contribution in [0.3, 0.4) is 0 Å². The van der Waals surface area contributed by atoms with E-state index in [2.05, 4.69) is 42.1 Å². The van der Waals surface area contributed by atoms with Crippen LogP contribution in [0.1, 0.15) is 46.7 Å². The van der Waals surface area contributed by atoms with Crippen molar-refractivity contribution in [2.75, 3.05) is 6.61 Å². The van der Waals surface area contributed by atoms with Crippen LogP contribution in [-0.4, -0.2) is 23.2 Å². The Kier molecular flexibility index (Phi) is 7.51. The van der Waals surface area contributed by atoms with Crippen molar-refractivity contribution in [2.45, 2.75) is 60.2 Å². The van der Waals surface area contributed by atoms with E-state index in [4.69, 9.17) is 4.74 Å². The van der Waals surface area contributed by atoms with Gasteiger partial charge in [0.1, 0.15) is 0 Å². The number of hydrogen-bond donors (Lipinski definition) is 1. The molecule has 1 aromatic rings. The van der Waals surface area contributed by atoms with Gasteiger partial charge in [-0.3, -0.25) is 4.79 Å². The van der Waals surface area contributed by atoms with Crippen LogP contribution < -0.4 is 5.32 Å². The van der Waals surface area contributed by atoms with E-state index >= 15 is 0 Å². The molecule has 1 rings (SSSR count). The first-order valence-corrected chi connectivity index (χ1v) is 7.99. The summed E-state index contributed by atoms with van der Waals surface area (Å²) in [6.07, 6.45) is 3.30. The summed E-state index contributed by atoms with van der Waals surface area (Å²) in [4.78, 5) is 11.7. The molecule has 1 aromatic heterocycles. The summed E-state index contributed by atoms with van der Waals surface area (Å²) in [5.41, 5.74) is 1.26. The van der Waals surface area contributed by atoms with Crippen molar-refractivity contribution in [1.29, 1.82) is 0 Å². The molecule has 4 nitrogen and oxygen atoms in total. The van der Waals surface area contributed by atoms with E-state index < -0.39 is 0 Å². The second-order valence-corrected chi connectivity index (χ2v) is 6.09. The molecule has 0 fully saturated rings. The summed E-state index contributed by atoms with van der Waals surface area (Å²) in [5.74, 6) is 0.438. The number of carbonyl (C=O) groups excluding carboxylic acids is 1. The summed E-state index contributed by atoms with van der Waals surface area (Å²) in [7, 11) is 0. The van der Waals surface area contributed by atoms with Gasteiger partial charge in [-0.25, -0.2) is 0 Å². The molecule has 0 saturated carbocycles. The zero-order chi connectivity index (χ0) is 15.8. The lowest BCUT2D eigenvalue weighted by atomic mass is 10.0. The first-order chi connectivity index (χ1) is 9.95. The number of ether oxygens (including phenoxy) is 1. The summed E-state index contributed by atoms with van der Waals surface area (Å²) in [5, 5.41) is 3.43. The third-order valence-corrected chi connectivity index (χ3v) is 3.88. The molecule has 0 saturated heterocycles. The normalized spacial score (nSPS) is 14.2. The highest BCUT2D eigenvalue weighted by molar-refractivity contribution is 5.72. The van der Waals surface area contributed by atoms with Crippen LogP contribution in [0.4, 0.5) is 0 Å². The zero-order valence-electron chi connectivity index (χ0n) is 14.1. The Balaban J connectivity index is 2.47. The first-order valence-electron chi connectivity index (χ1n) is 7.99. The van der Waals surface area contributed by atoms with Crippen LogP contribution in [0.15, 0.2) is 18.3 Å². The van der Waals surface area contributed by atoms with Crippen LogP contribution in [0.25, 0.3) is 0 Å². The summed E-state index contributed by atoms with van der Waals surface area (Å²) < 4.78 is 7.35. The third kappa shape index (κ3) is 5.92. The monoisotopic (exact) mass is 294 g/mol. The minimum absolute atomic E-state index is 0.0949. The van der Waals surface area contributed by atoms with E-state index in [0.29, 0.717) is 12.5 Å². The van der Waals surface area contributed by atoms with E-state index in [1.165, 1.54) is 12.1 Å². The Morgan fingerprint density at radius 1 is 1.33 bits per heavy atom. The van der Waals surface area contributed by atoms with Gasteiger partial charge in [0.2, 0.25) is 0 Å². The molecule has 0 spiro atoms. The maximum atomic E-state index is 11.7. The van der Waals surface area contributed by atoms with E-state index in [1.54, 1.807) is 0 Å². The van der Waals surface area contributed by atoms with Gasteiger partial charge in [-0.2, -0.15) is 0 Å². The highest BCUT2D eigenvalue weighted by Gasteiger charge is 2.21. The lowest BCUT2D eigenvalue weighted by Gasteiger charge is -2.20. The second kappa shape index (κ2) is 8.88. The number of carbonyl (C=O) groups is 1. The molecule has 2 atom stereocenters. The van der Waals surface area contributed by atoms with E-state index in [-0.39, 0.29) is 17.9 Å². The van der Waals surface area contributed by atoms with Gasteiger partial charge < -0.3 is 14.6 Å². The molecule has 0 aliphatic carbocycles. The molecule has 0 unspecified atom stereocenters. The van der Waals surface area contributed by atoms with Crippen molar-refractivity contribution in [3.8, 4) is 0 Å². The van der Waals surface area contributed by atoms with Crippen LogP contribution in [0, 0.1) is 11.8 Å². The molecule has 1 N–H and O–H groups in total. The Labute approximate surface area is 128 Å². The quantitative estimate of drug-likeness (QED) is 0.711. The predicted octanol–water partition coefficient (Wildman–Crippen LogP) is 3.21. The van der Waals surface area contributed by atoms with E-state index in [1.807, 2.05) is 20.8 Å². The molecule has 0 aliphatic heterocycles. The van der Waals surface area contributed by atoms with E-state index in [0.717, 1.165) is 13.1 Å². The molecule has 1 heterocycles. The van der Waals surface area contributed by atoms with Gasteiger partial charge in [0.15, 0.2) is 0 Å². The Hall–Kier alpha value is -1.29. The molecular formula is C17H30N2O2. The fourth-order valence-electron chi connectivity index (χ4n) is 2.15. The smallest absolute Gasteiger partial charge is 0.310 e. The molecule has 21 heavy (non-hydrogen) atoms. The molecular weight excluding hydrogens is 264 g/mol. The molecule has 4 heteroatoms. The largest absolute Gasteiger partial charge is 0.466 e. The number of rotatable bonds is 9. The van der Waals surface area contributed by atoms with Gasteiger partial charge >= 0.3 is 5.97 Å². The topological polar surface area (TPSA) is 43.3 Å². The van der Waals surface area contributed by atoms with Gasteiger partial charge in [0.05, 0.1) is 12.5 Å². The van der Waals surface area contributed by atoms with Crippen LogP contribution in [-0.2, 0) is 22.6 Å². The van der Waals surface area contributed by atoms with Gasteiger partial charge in [-0.1, -0.05) is 20.8 Å². The van der Waals surface area contributed by atoms with Crippen LogP contribution in [0.2, 0.25) is 0 Å². The van der Waals surface area contributed by atoms with Gasteiger partial charge in [-0.05, 0) is 38.3 Å². The maximum Gasteiger partial charge on any atom is 0.310 e. The van der Waals surface area contributed by atoms with E-state index in [9.17, 15) is 4.79 Å². The SMILES string of the molecule is CCOC(=O)[C@H](C)[C@H](C)NCc1cccn1CCC(C)C. The predicted molar refractivity (Wildman–Crippen MR) is 86.0 cm³/mol. The fraction of sp³-hybridized carbons (Fsp3) is 0.706. The van der Waals surface area contributed by atoms with Crippen LogP contribution >= 0.6 is 0 Å². The van der Waals surface area contributed by atoms with Gasteiger partial charge in [-0.15, -0.1) is 0 Å². The Bertz CT molecular complexity index is 426. The number of esters is 1. The van der Waals surface area contributed by atoms with Gasteiger partial charge in [0, 0.05) is 31.0 Å². The number of nitrogens with zero attached hydrogens (tertiary/aromatic N) is 1. The molecule has 0 aliphatic rings. The number of aromatic nitrogens is 1. The first kappa shape index (κ1) is 17.8. The zero-order valence-corrected chi connectivity index (χ0v) is 14.1. The lowest BCUT2D eigenvalue weighted by molar-refractivity contribution is -0.148. The maximum absolute atomic E-state index is 11.7. The highest BCUT2D eigenvalue weighted by atomic mass is 16.5. The van der Waals surface area contributed by atoms with Crippen molar-refractivity contribution < 1.29 is 9.53 Å². The number of nitrogens with one attached hydrogen (secondary N) is 1. The Morgan fingerprint density at radius 2 is 2.05 bits per heavy atom. The number of hydrogen-bond acceptors (Lipinski definition) is 3. The molecule has 0 radical (unpaired) electrons. The molecule has 0 amide bonds. The minimum Gasteiger partial charge on any atom is -0.466 e. The highest BCUT2D eigenvalue weighted by Crippen LogP contribution is 2.10. The van der Waals surface area contributed by atoms with Crippen molar-refractivity contribution in [2.24, 2.45) is 11.8 Å². The van der Waals surface area contributed by atoms with Crippen LogP contribution in [0.5, 0.6) is 0 Å².